The van der Waals surface area contributed by atoms with Crippen molar-refractivity contribution in [2.24, 2.45) is 5.10 Å². The Hall–Kier alpha value is -3.98. The van der Waals surface area contributed by atoms with Crippen LogP contribution >= 0.6 is 0 Å². The van der Waals surface area contributed by atoms with Crippen molar-refractivity contribution in [3.63, 3.8) is 0 Å². The molecular weight excluding hydrogens is 442 g/mol. The first-order chi connectivity index (χ1) is 17.2. The molecular formula is C26H27N7O2. The highest BCUT2D eigenvalue weighted by Gasteiger charge is 2.24. The summed E-state index contributed by atoms with van der Waals surface area (Å²) in [5, 5.41) is 4.45. The van der Waals surface area contributed by atoms with Gasteiger partial charge in [-0.25, -0.2) is 4.98 Å². The minimum Gasteiger partial charge on any atom is -0.490 e. The molecule has 35 heavy (non-hydrogen) atoms. The first-order valence-electron chi connectivity index (χ1n) is 11.9. The number of benzene rings is 2. The smallest absolute Gasteiger partial charge is 0.229 e. The van der Waals surface area contributed by atoms with E-state index in [9.17, 15) is 0 Å². The summed E-state index contributed by atoms with van der Waals surface area (Å²) < 4.78 is 13.5. The number of hydrogen-bond donors (Lipinski definition) is 1. The predicted octanol–water partition coefficient (Wildman–Crippen LogP) is 3.95. The zero-order valence-corrected chi connectivity index (χ0v) is 19.6. The van der Waals surface area contributed by atoms with Gasteiger partial charge in [0.2, 0.25) is 5.95 Å². The zero-order valence-electron chi connectivity index (χ0n) is 19.6. The van der Waals surface area contributed by atoms with Crippen LogP contribution in [0.25, 0.3) is 16.9 Å². The molecule has 0 atom stereocenters. The number of ether oxygens (including phenoxy) is 2. The topological polar surface area (TPSA) is 89.7 Å². The van der Waals surface area contributed by atoms with Gasteiger partial charge in [-0.1, -0.05) is 35.9 Å². The number of morpholine rings is 1. The van der Waals surface area contributed by atoms with Crippen LogP contribution < -0.4 is 15.1 Å². The van der Waals surface area contributed by atoms with E-state index in [-0.39, 0.29) is 0 Å². The number of hydrazone groups is 1. The lowest BCUT2D eigenvalue weighted by molar-refractivity contribution is 0.122. The number of nitrogens with zero attached hydrogens (tertiary/aromatic N) is 6. The molecule has 9 heteroatoms. The summed E-state index contributed by atoms with van der Waals surface area (Å²) in [6.07, 6.45) is 6.13. The molecule has 0 spiro atoms. The number of imidazole rings is 1. The Bertz CT molecular complexity index is 1370. The van der Waals surface area contributed by atoms with E-state index in [2.05, 4.69) is 39.5 Å². The summed E-state index contributed by atoms with van der Waals surface area (Å²) in [6.45, 7) is 4.82. The molecule has 2 aromatic heterocycles. The molecule has 1 N–H and O–H groups in total. The van der Waals surface area contributed by atoms with E-state index in [0.717, 1.165) is 42.9 Å². The van der Waals surface area contributed by atoms with Crippen LogP contribution in [0.2, 0.25) is 0 Å². The Morgan fingerprint density at radius 3 is 2.77 bits per heavy atom. The van der Waals surface area contributed by atoms with Crippen LogP contribution in [0.4, 0.5) is 11.8 Å². The van der Waals surface area contributed by atoms with Crippen molar-refractivity contribution in [2.75, 3.05) is 36.6 Å². The molecule has 2 aliphatic rings. The molecule has 2 aromatic carbocycles. The molecule has 2 fully saturated rings. The third kappa shape index (κ3) is 4.81. The highest BCUT2D eigenvalue weighted by atomic mass is 16.5. The lowest BCUT2D eigenvalue weighted by Gasteiger charge is -2.27. The van der Waals surface area contributed by atoms with Crippen molar-refractivity contribution in [3.05, 3.63) is 66.0 Å². The maximum absolute atomic E-state index is 6.00. The van der Waals surface area contributed by atoms with E-state index in [1.165, 1.54) is 5.56 Å². The van der Waals surface area contributed by atoms with Crippen LogP contribution in [0.1, 0.15) is 24.0 Å². The molecule has 1 aliphatic carbocycles. The number of aromatic nitrogens is 4. The minimum absolute atomic E-state index is 0.335. The average Bonchev–Trinajstić information content (AvgIpc) is 3.59. The predicted molar refractivity (Wildman–Crippen MR) is 136 cm³/mol. The van der Waals surface area contributed by atoms with E-state index in [4.69, 9.17) is 19.4 Å². The quantitative estimate of drug-likeness (QED) is 0.324. The Labute approximate surface area is 203 Å². The Morgan fingerprint density at radius 1 is 1.09 bits per heavy atom. The van der Waals surface area contributed by atoms with Gasteiger partial charge in [0.05, 0.1) is 31.2 Å². The molecule has 4 aromatic rings. The van der Waals surface area contributed by atoms with Gasteiger partial charge >= 0.3 is 0 Å². The van der Waals surface area contributed by atoms with Gasteiger partial charge in [0.25, 0.3) is 0 Å². The highest BCUT2D eigenvalue weighted by molar-refractivity contribution is 5.87. The second-order valence-electron chi connectivity index (χ2n) is 8.86. The third-order valence-electron chi connectivity index (χ3n) is 6.03. The largest absolute Gasteiger partial charge is 0.490 e. The summed E-state index contributed by atoms with van der Waals surface area (Å²) in [7, 11) is 0. The van der Waals surface area contributed by atoms with E-state index >= 15 is 0 Å². The average molecular weight is 470 g/mol. The standard InChI is InChI=1S/C26H27N7O2/c1-18-4-2-5-19(14-18)16-28-31-24-23-25(30-26(29-24)32-10-12-34-13-11-32)33(17-27-23)20-6-3-7-22(15-20)35-21-8-9-21/h2-7,14-17,21H,8-13H2,1H3,(H,29,30,31)/b28-16+. The first kappa shape index (κ1) is 21.5. The summed E-state index contributed by atoms with van der Waals surface area (Å²) in [6, 6.07) is 16.2. The van der Waals surface area contributed by atoms with Gasteiger partial charge in [-0.2, -0.15) is 15.1 Å². The first-order valence-corrected chi connectivity index (χ1v) is 11.9. The maximum atomic E-state index is 6.00. The molecule has 9 nitrogen and oxygen atoms in total. The molecule has 0 unspecified atom stereocenters. The molecule has 1 aliphatic heterocycles. The van der Waals surface area contributed by atoms with Gasteiger partial charge in [-0.15, -0.1) is 0 Å². The van der Waals surface area contributed by atoms with E-state index < -0.39 is 0 Å². The second-order valence-corrected chi connectivity index (χ2v) is 8.86. The van der Waals surface area contributed by atoms with Gasteiger partial charge in [0.15, 0.2) is 17.0 Å². The Balaban J connectivity index is 1.37. The summed E-state index contributed by atoms with van der Waals surface area (Å²) in [5.74, 6) is 2.04. The molecule has 6 rings (SSSR count). The number of hydrogen-bond acceptors (Lipinski definition) is 8. The number of fused-ring (bicyclic) bond motifs is 1. The van der Waals surface area contributed by atoms with Crippen LogP contribution in [0.15, 0.2) is 60.0 Å². The fraction of sp³-hybridized carbons (Fsp3) is 0.308. The minimum atomic E-state index is 0.335. The monoisotopic (exact) mass is 469 g/mol. The number of aryl methyl sites for hydroxylation is 1. The molecule has 178 valence electrons. The molecule has 3 heterocycles. The fourth-order valence-corrected chi connectivity index (χ4v) is 4.06. The van der Waals surface area contributed by atoms with Gasteiger partial charge in [0.1, 0.15) is 12.1 Å². The van der Waals surface area contributed by atoms with Gasteiger partial charge in [-0.3, -0.25) is 9.99 Å². The van der Waals surface area contributed by atoms with Crippen LogP contribution in [-0.4, -0.2) is 58.1 Å². The third-order valence-corrected chi connectivity index (χ3v) is 6.03. The van der Waals surface area contributed by atoms with Crippen molar-refractivity contribution < 1.29 is 9.47 Å². The molecule has 0 radical (unpaired) electrons. The molecule has 0 amide bonds. The molecule has 0 bridgehead atoms. The van der Waals surface area contributed by atoms with Crippen LogP contribution in [0, 0.1) is 6.92 Å². The molecule has 1 saturated carbocycles. The van der Waals surface area contributed by atoms with Crippen LogP contribution in [0.3, 0.4) is 0 Å². The van der Waals surface area contributed by atoms with Crippen molar-refractivity contribution in [2.45, 2.75) is 25.9 Å². The van der Waals surface area contributed by atoms with E-state index in [1.807, 2.05) is 41.0 Å². The SMILES string of the molecule is Cc1cccc(/C=N/Nc2nc(N3CCOCC3)nc3c2ncn3-c2cccc(OC3CC3)c2)c1. The number of nitrogens with one attached hydrogen (secondary N) is 1. The summed E-state index contributed by atoms with van der Waals surface area (Å²) in [4.78, 5) is 16.5. The normalized spacial score (nSPS) is 16.2. The van der Waals surface area contributed by atoms with Gasteiger partial charge in [0, 0.05) is 19.2 Å². The van der Waals surface area contributed by atoms with Gasteiger partial charge in [-0.05, 0) is 37.5 Å². The van der Waals surface area contributed by atoms with Crippen molar-refractivity contribution in [1.82, 2.24) is 19.5 Å². The second kappa shape index (κ2) is 9.34. The lowest BCUT2D eigenvalue weighted by Crippen LogP contribution is -2.37. The number of anilines is 2. The Kier molecular flexibility index (Phi) is 5.75. The highest BCUT2D eigenvalue weighted by Crippen LogP contribution is 2.30. The van der Waals surface area contributed by atoms with Crippen molar-refractivity contribution in [1.29, 1.82) is 0 Å². The van der Waals surface area contributed by atoms with Gasteiger partial charge < -0.3 is 14.4 Å². The van der Waals surface area contributed by atoms with Crippen LogP contribution in [0.5, 0.6) is 5.75 Å². The molecule has 1 saturated heterocycles. The maximum Gasteiger partial charge on any atom is 0.229 e. The summed E-state index contributed by atoms with van der Waals surface area (Å²) >= 11 is 0. The zero-order chi connectivity index (χ0) is 23.6. The van der Waals surface area contributed by atoms with E-state index in [1.54, 1.807) is 12.5 Å². The fourth-order valence-electron chi connectivity index (χ4n) is 4.06. The lowest BCUT2D eigenvalue weighted by atomic mass is 10.2. The van der Waals surface area contributed by atoms with Crippen molar-refractivity contribution >= 4 is 29.1 Å². The number of rotatable bonds is 7. The summed E-state index contributed by atoms with van der Waals surface area (Å²) in [5.41, 5.74) is 7.59. The van der Waals surface area contributed by atoms with Crippen molar-refractivity contribution in [3.8, 4) is 11.4 Å². The Morgan fingerprint density at radius 2 is 1.94 bits per heavy atom. The van der Waals surface area contributed by atoms with Crippen LogP contribution in [-0.2, 0) is 4.74 Å². The van der Waals surface area contributed by atoms with E-state index in [0.29, 0.717) is 42.2 Å².